The van der Waals surface area contributed by atoms with Crippen LogP contribution < -0.4 is 0 Å². The van der Waals surface area contributed by atoms with Crippen molar-refractivity contribution in [1.82, 2.24) is 0 Å². The maximum atomic E-state index is 11.2. The smallest absolute Gasteiger partial charge is 0.130 e. The summed E-state index contributed by atoms with van der Waals surface area (Å²) in [5, 5.41) is 0. The lowest BCUT2D eigenvalue weighted by molar-refractivity contribution is -0.117. The summed E-state index contributed by atoms with van der Waals surface area (Å²) in [5.41, 5.74) is 4.41. The first-order valence-corrected chi connectivity index (χ1v) is 6.67. The Morgan fingerprint density at radius 3 is 2.76 bits per heavy atom. The zero-order valence-corrected chi connectivity index (χ0v) is 11.1. The highest BCUT2D eigenvalue weighted by Gasteiger charge is 2.20. The molecule has 1 atom stereocenters. The standard InChI is InChI=1S/C16H22O/c1-11(2)14-6-7-15-9-13(8-12(3)17)4-5-16(15)10-14/h6-7,10-11,13H,4-5,8-9H2,1-3H3. The minimum Gasteiger partial charge on any atom is -0.300 e. The normalized spacial score (nSPS) is 19.2. The van der Waals surface area contributed by atoms with Crippen molar-refractivity contribution in [1.29, 1.82) is 0 Å². The molecular formula is C16H22O. The minimum absolute atomic E-state index is 0.331. The average molecular weight is 230 g/mol. The quantitative estimate of drug-likeness (QED) is 0.769. The fourth-order valence-electron chi connectivity index (χ4n) is 2.79. The van der Waals surface area contributed by atoms with Crippen molar-refractivity contribution in [2.24, 2.45) is 5.92 Å². The van der Waals surface area contributed by atoms with Crippen LogP contribution in [-0.2, 0) is 17.6 Å². The van der Waals surface area contributed by atoms with Gasteiger partial charge in [-0.15, -0.1) is 0 Å². The Morgan fingerprint density at radius 1 is 1.35 bits per heavy atom. The van der Waals surface area contributed by atoms with Crippen LogP contribution in [0.2, 0.25) is 0 Å². The molecule has 0 aliphatic heterocycles. The summed E-state index contributed by atoms with van der Waals surface area (Å²) in [7, 11) is 0. The van der Waals surface area contributed by atoms with Crippen LogP contribution in [0.1, 0.15) is 56.2 Å². The molecule has 1 aromatic carbocycles. The second-order valence-electron chi connectivity index (χ2n) is 5.70. The highest BCUT2D eigenvalue weighted by molar-refractivity contribution is 5.75. The van der Waals surface area contributed by atoms with E-state index in [0.717, 1.165) is 19.3 Å². The molecule has 0 amide bonds. The van der Waals surface area contributed by atoms with E-state index in [9.17, 15) is 4.79 Å². The minimum atomic E-state index is 0.331. The summed E-state index contributed by atoms with van der Waals surface area (Å²) in [6.07, 6.45) is 4.17. The number of carbonyl (C=O) groups is 1. The third-order valence-electron chi connectivity index (χ3n) is 3.80. The molecule has 1 aromatic rings. The SMILES string of the molecule is CC(=O)CC1CCc2cc(C(C)C)ccc2C1. The van der Waals surface area contributed by atoms with Crippen molar-refractivity contribution in [3.05, 3.63) is 34.9 Å². The summed E-state index contributed by atoms with van der Waals surface area (Å²) in [6, 6.07) is 6.89. The Bertz CT molecular complexity index is 418. The molecule has 0 fully saturated rings. The third-order valence-corrected chi connectivity index (χ3v) is 3.80. The van der Waals surface area contributed by atoms with Gasteiger partial charge in [0.25, 0.3) is 0 Å². The van der Waals surface area contributed by atoms with E-state index < -0.39 is 0 Å². The fourth-order valence-corrected chi connectivity index (χ4v) is 2.79. The molecule has 17 heavy (non-hydrogen) atoms. The van der Waals surface area contributed by atoms with Crippen molar-refractivity contribution >= 4 is 5.78 Å². The number of Topliss-reactive ketones (excluding diaryl/α,β-unsaturated/α-hetero) is 1. The van der Waals surface area contributed by atoms with E-state index in [1.165, 1.54) is 23.1 Å². The van der Waals surface area contributed by atoms with Crippen LogP contribution in [0.3, 0.4) is 0 Å². The number of hydrogen-bond donors (Lipinski definition) is 0. The van der Waals surface area contributed by atoms with Gasteiger partial charge in [0.15, 0.2) is 0 Å². The monoisotopic (exact) mass is 230 g/mol. The average Bonchev–Trinajstić information content (AvgIpc) is 2.27. The molecule has 2 rings (SSSR count). The molecule has 1 unspecified atom stereocenters. The summed E-state index contributed by atoms with van der Waals surface area (Å²) in [5.74, 6) is 1.51. The van der Waals surface area contributed by atoms with Gasteiger partial charge >= 0.3 is 0 Å². The van der Waals surface area contributed by atoms with Crippen LogP contribution in [0.25, 0.3) is 0 Å². The first kappa shape index (κ1) is 12.3. The van der Waals surface area contributed by atoms with E-state index in [1.54, 1.807) is 6.92 Å². The molecule has 0 spiro atoms. The van der Waals surface area contributed by atoms with E-state index in [2.05, 4.69) is 32.0 Å². The van der Waals surface area contributed by atoms with Crippen LogP contribution in [0, 0.1) is 5.92 Å². The first-order chi connectivity index (χ1) is 8.06. The third kappa shape index (κ3) is 2.96. The fraction of sp³-hybridized carbons (Fsp3) is 0.562. The molecule has 0 heterocycles. The van der Waals surface area contributed by atoms with Crippen LogP contribution in [0.4, 0.5) is 0 Å². The van der Waals surface area contributed by atoms with Gasteiger partial charge in [-0.1, -0.05) is 32.0 Å². The van der Waals surface area contributed by atoms with Gasteiger partial charge in [-0.2, -0.15) is 0 Å². The molecular weight excluding hydrogens is 208 g/mol. The van der Waals surface area contributed by atoms with E-state index in [-0.39, 0.29) is 0 Å². The zero-order chi connectivity index (χ0) is 12.4. The van der Waals surface area contributed by atoms with E-state index in [4.69, 9.17) is 0 Å². The molecule has 1 aliphatic rings. The second-order valence-corrected chi connectivity index (χ2v) is 5.70. The van der Waals surface area contributed by atoms with Crippen LogP contribution in [0.15, 0.2) is 18.2 Å². The first-order valence-electron chi connectivity index (χ1n) is 6.67. The maximum Gasteiger partial charge on any atom is 0.130 e. The van der Waals surface area contributed by atoms with Crippen molar-refractivity contribution in [2.45, 2.75) is 52.4 Å². The number of fused-ring (bicyclic) bond motifs is 1. The van der Waals surface area contributed by atoms with Crippen molar-refractivity contribution in [3.8, 4) is 0 Å². The molecule has 1 heteroatoms. The van der Waals surface area contributed by atoms with E-state index >= 15 is 0 Å². The topological polar surface area (TPSA) is 17.1 Å². The predicted molar refractivity (Wildman–Crippen MR) is 71.3 cm³/mol. The number of hydrogen-bond acceptors (Lipinski definition) is 1. The number of benzene rings is 1. The number of aryl methyl sites for hydroxylation is 1. The highest BCUT2D eigenvalue weighted by Crippen LogP contribution is 2.30. The summed E-state index contributed by atoms with van der Waals surface area (Å²) < 4.78 is 0. The van der Waals surface area contributed by atoms with Gasteiger partial charge in [-0.25, -0.2) is 0 Å². The summed E-state index contributed by atoms with van der Waals surface area (Å²) >= 11 is 0. The van der Waals surface area contributed by atoms with Gasteiger partial charge in [0.2, 0.25) is 0 Å². The lowest BCUT2D eigenvalue weighted by Gasteiger charge is -2.24. The van der Waals surface area contributed by atoms with Crippen LogP contribution >= 0.6 is 0 Å². The summed E-state index contributed by atoms with van der Waals surface area (Å²) in [6.45, 7) is 6.18. The van der Waals surface area contributed by atoms with Crippen molar-refractivity contribution in [2.75, 3.05) is 0 Å². The van der Waals surface area contributed by atoms with Gasteiger partial charge in [-0.3, -0.25) is 0 Å². The van der Waals surface area contributed by atoms with Crippen molar-refractivity contribution < 1.29 is 4.79 Å². The number of carbonyl (C=O) groups excluding carboxylic acids is 1. The molecule has 1 nitrogen and oxygen atoms in total. The lowest BCUT2D eigenvalue weighted by Crippen LogP contribution is -2.17. The molecule has 0 radical (unpaired) electrons. The van der Waals surface area contributed by atoms with Gasteiger partial charge in [0.1, 0.15) is 5.78 Å². The lowest BCUT2D eigenvalue weighted by atomic mass is 9.80. The molecule has 0 bridgehead atoms. The van der Waals surface area contributed by atoms with E-state index in [1.807, 2.05) is 0 Å². The predicted octanol–water partition coefficient (Wildman–Crippen LogP) is 3.89. The largest absolute Gasteiger partial charge is 0.300 e. The number of ketones is 1. The highest BCUT2D eigenvalue weighted by atomic mass is 16.1. The van der Waals surface area contributed by atoms with Gasteiger partial charge in [0, 0.05) is 6.42 Å². The molecule has 0 saturated carbocycles. The Labute approximate surface area is 104 Å². The summed E-state index contributed by atoms with van der Waals surface area (Å²) in [4.78, 5) is 11.2. The van der Waals surface area contributed by atoms with Gasteiger partial charge in [-0.05, 0) is 54.7 Å². The Kier molecular flexibility index (Phi) is 3.66. The zero-order valence-electron chi connectivity index (χ0n) is 11.1. The number of rotatable bonds is 3. The Morgan fingerprint density at radius 2 is 2.12 bits per heavy atom. The Hall–Kier alpha value is -1.11. The molecule has 1 aliphatic carbocycles. The van der Waals surface area contributed by atoms with E-state index in [0.29, 0.717) is 17.6 Å². The molecule has 0 N–H and O–H groups in total. The van der Waals surface area contributed by atoms with Gasteiger partial charge in [0.05, 0.1) is 0 Å². The molecule has 0 saturated heterocycles. The maximum absolute atomic E-state index is 11.2. The van der Waals surface area contributed by atoms with Gasteiger partial charge < -0.3 is 4.79 Å². The van der Waals surface area contributed by atoms with Crippen LogP contribution in [-0.4, -0.2) is 5.78 Å². The Balaban J connectivity index is 2.14. The molecule has 92 valence electrons. The van der Waals surface area contributed by atoms with Crippen LogP contribution in [0.5, 0.6) is 0 Å². The van der Waals surface area contributed by atoms with Crippen molar-refractivity contribution in [3.63, 3.8) is 0 Å². The second kappa shape index (κ2) is 5.03. The molecule has 0 aromatic heterocycles.